The summed E-state index contributed by atoms with van der Waals surface area (Å²) in [5.41, 5.74) is 11.1. The van der Waals surface area contributed by atoms with Gasteiger partial charge in [-0.15, -0.1) is 0 Å². The average Bonchev–Trinajstić information content (AvgIpc) is 3.01. The van der Waals surface area contributed by atoms with Gasteiger partial charge in [-0.2, -0.15) is 0 Å². The van der Waals surface area contributed by atoms with Crippen LogP contribution in [0.15, 0.2) is 48.4 Å². The van der Waals surface area contributed by atoms with Crippen LogP contribution in [0.5, 0.6) is 0 Å². The number of carboxylic acid groups (broad SMARTS) is 1. The molecule has 0 amide bonds. The number of rotatable bonds is 10. The lowest BCUT2D eigenvalue weighted by atomic mass is 9.81. The summed E-state index contributed by atoms with van der Waals surface area (Å²) in [4.78, 5) is 19.1. The average molecular weight is 467 g/mol. The molecule has 0 saturated carbocycles. The number of aryl methyl sites for hydroxylation is 2. The van der Waals surface area contributed by atoms with Gasteiger partial charge in [0.2, 0.25) is 0 Å². The summed E-state index contributed by atoms with van der Waals surface area (Å²) >= 11 is 0. The molecule has 2 heterocycles. The Hall–Kier alpha value is -2.90. The Morgan fingerprint density at radius 1 is 1.38 bits per heavy atom. The van der Waals surface area contributed by atoms with Crippen molar-refractivity contribution < 1.29 is 14.6 Å². The van der Waals surface area contributed by atoms with Crippen LogP contribution in [0.4, 0.5) is 0 Å². The second kappa shape index (κ2) is 11.5. The summed E-state index contributed by atoms with van der Waals surface area (Å²) in [5.74, 6) is -0.913. The third kappa shape index (κ3) is 6.36. The van der Waals surface area contributed by atoms with Gasteiger partial charge in [-0.3, -0.25) is 14.7 Å². The topological polar surface area (TPSA) is 101 Å². The van der Waals surface area contributed by atoms with E-state index in [1.165, 1.54) is 16.7 Å². The van der Waals surface area contributed by atoms with Crippen molar-refractivity contribution in [3.05, 3.63) is 76.4 Å². The van der Waals surface area contributed by atoms with E-state index in [1.54, 1.807) is 20.0 Å². The first kappa shape index (κ1) is 25.7. The Morgan fingerprint density at radius 2 is 2.18 bits per heavy atom. The SMILES string of the molecule is CCN/C=C(\N)COC(c1ccc(C)c(CN2CCCc3cccnc3C2)c1)C(C)(C)C(=O)O. The molecule has 0 saturated heterocycles. The van der Waals surface area contributed by atoms with E-state index in [0.29, 0.717) is 5.70 Å². The molecule has 184 valence electrons. The highest BCUT2D eigenvalue weighted by atomic mass is 16.5. The van der Waals surface area contributed by atoms with Crippen molar-refractivity contribution in [1.29, 1.82) is 0 Å². The molecule has 1 aromatic carbocycles. The van der Waals surface area contributed by atoms with Crippen LogP contribution < -0.4 is 11.1 Å². The zero-order valence-electron chi connectivity index (χ0n) is 20.8. The van der Waals surface area contributed by atoms with Crippen molar-refractivity contribution in [2.75, 3.05) is 19.7 Å². The second-order valence-electron chi connectivity index (χ2n) is 9.60. The number of nitrogens with one attached hydrogen (secondary N) is 1. The number of nitrogens with zero attached hydrogens (tertiary/aromatic N) is 2. The summed E-state index contributed by atoms with van der Waals surface area (Å²) in [6, 6.07) is 10.3. The van der Waals surface area contributed by atoms with Crippen molar-refractivity contribution >= 4 is 5.97 Å². The van der Waals surface area contributed by atoms with Crippen LogP contribution >= 0.6 is 0 Å². The number of aromatic nitrogens is 1. The molecule has 0 spiro atoms. The number of benzene rings is 1. The molecule has 0 fully saturated rings. The number of carboxylic acids is 1. The molecular weight excluding hydrogens is 428 g/mol. The molecule has 1 aliphatic heterocycles. The lowest BCUT2D eigenvalue weighted by Crippen LogP contribution is -2.34. The van der Waals surface area contributed by atoms with E-state index in [0.717, 1.165) is 50.3 Å². The van der Waals surface area contributed by atoms with Gasteiger partial charge in [0.1, 0.15) is 0 Å². The molecule has 4 N–H and O–H groups in total. The minimum Gasteiger partial charge on any atom is -0.481 e. The number of aliphatic carboxylic acids is 1. The molecule has 0 aliphatic carbocycles. The van der Waals surface area contributed by atoms with Gasteiger partial charge in [-0.05, 0) is 75.4 Å². The molecule has 7 heteroatoms. The fraction of sp³-hybridized carbons (Fsp3) is 0.481. The maximum Gasteiger partial charge on any atom is 0.312 e. The molecule has 34 heavy (non-hydrogen) atoms. The van der Waals surface area contributed by atoms with Gasteiger partial charge < -0.3 is 20.9 Å². The third-order valence-corrected chi connectivity index (χ3v) is 6.46. The number of nitrogens with two attached hydrogens (primary N) is 1. The summed E-state index contributed by atoms with van der Waals surface area (Å²) in [5, 5.41) is 13.0. The van der Waals surface area contributed by atoms with E-state index in [2.05, 4.69) is 40.3 Å². The van der Waals surface area contributed by atoms with Crippen LogP contribution in [-0.4, -0.2) is 40.7 Å². The first-order valence-corrected chi connectivity index (χ1v) is 12.0. The van der Waals surface area contributed by atoms with Crippen LogP contribution in [0, 0.1) is 12.3 Å². The minimum atomic E-state index is -1.13. The predicted molar refractivity (Wildman–Crippen MR) is 134 cm³/mol. The van der Waals surface area contributed by atoms with Crippen molar-refractivity contribution in [3.8, 4) is 0 Å². The number of ether oxygens (including phenoxy) is 1. The van der Waals surface area contributed by atoms with Crippen LogP contribution in [0.25, 0.3) is 0 Å². The van der Waals surface area contributed by atoms with Crippen molar-refractivity contribution in [2.24, 2.45) is 11.1 Å². The molecule has 1 aliphatic rings. The van der Waals surface area contributed by atoms with Crippen LogP contribution in [0.1, 0.15) is 61.2 Å². The second-order valence-corrected chi connectivity index (χ2v) is 9.60. The first-order valence-electron chi connectivity index (χ1n) is 12.0. The van der Waals surface area contributed by atoms with E-state index in [4.69, 9.17) is 10.5 Å². The number of fused-ring (bicyclic) bond motifs is 1. The van der Waals surface area contributed by atoms with Crippen molar-refractivity contribution in [3.63, 3.8) is 0 Å². The molecule has 0 bridgehead atoms. The summed E-state index contributed by atoms with van der Waals surface area (Å²) in [7, 11) is 0. The highest BCUT2D eigenvalue weighted by Crippen LogP contribution is 2.38. The summed E-state index contributed by atoms with van der Waals surface area (Å²) < 4.78 is 6.13. The molecule has 0 radical (unpaired) electrons. The van der Waals surface area contributed by atoms with Gasteiger partial charge in [0.25, 0.3) is 0 Å². The Morgan fingerprint density at radius 3 is 2.91 bits per heavy atom. The molecule has 3 rings (SSSR count). The minimum absolute atomic E-state index is 0.145. The van der Waals surface area contributed by atoms with Crippen LogP contribution in [-0.2, 0) is 29.0 Å². The normalized spacial score (nSPS) is 15.9. The molecule has 7 nitrogen and oxygen atoms in total. The van der Waals surface area contributed by atoms with E-state index >= 15 is 0 Å². The Bertz CT molecular complexity index is 1020. The smallest absolute Gasteiger partial charge is 0.312 e. The molecule has 1 aromatic heterocycles. The quantitative estimate of drug-likeness (QED) is 0.488. The lowest BCUT2D eigenvalue weighted by Gasteiger charge is -2.32. The molecular formula is C27H38N4O3. The number of pyridine rings is 1. The van der Waals surface area contributed by atoms with Gasteiger partial charge in [0.05, 0.1) is 29.5 Å². The highest BCUT2D eigenvalue weighted by Gasteiger charge is 2.39. The largest absolute Gasteiger partial charge is 0.481 e. The fourth-order valence-corrected chi connectivity index (χ4v) is 4.31. The zero-order valence-corrected chi connectivity index (χ0v) is 20.8. The van der Waals surface area contributed by atoms with Gasteiger partial charge in [0.15, 0.2) is 0 Å². The highest BCUT2D eigenvalue weighted by molar-refractivity contribution is 5.74. The zero-order chi connectivity index (χ0) is 24.7. The van der Waals surface area contributed by atoms with Crippen molar-refractivity contribution in [2.45, 2.75) is 59.7 Å². The van der Waals surface area contributed by atoms with E-state index in [-0.39, 0.29) is 6.61 Å². The van der Waals surface area contributed by atoms with E-state index in [1.807, 2.05) is 25.3 Å². The Kier molecular flexibility index (Phi) is 8.69. The number of carbonyl (C=O) groups is 1. The lowest BCUT2D eigenvalue weighted by molar-refractivity contribution is -0.156. The van der Waals surface area contributed by atoms with Gasteiger partial charge in [-0.25, -0.2) is 0 Å². The summed E-state index contributed by atoms with van der Waals surface area (Å²) in [6.45, 7) is 10.9. The predicted octanol–water partition coefficient (Wildman–Crippen LogP) is 3.92. The standard InChI is InChI=1S/C27H38N4O3/c1-5-29-15-23(28)18-34-25(27(3,4)26(32)33)21-11-10-19(2)22(14-21)16-31-13-7-9-20-8-6-12-30-24(20)17-31/h6,8,10-12,14-15,25,29H,5,7,9,13,16-18,28H2,1-4H3,(H,32,33)/b23-15-. The van der Waals surface area contributed by atoms with Crippen LogP contribution in [0.3, 0.4) is 0 Å². The maximum atomic E-state index is 12.1. The van der Waals surface area contributed by atoms with E-state index in [9.17, 15) is 9.90 Å². The van der Waals surface area contributed by atoms with Gasteiger partial charge in [0, 0.05) is 32.0 Å². The number of hydrogen-bond donors (Lipinski definition) is 3. The fourth-order valence-electron chi connectivity index (χ4n) is 4.31. The Balaban J connectivity index is 1.85. The molecule has 2 aromatic rings. The van der Waals surface area contributed by atoms with Crippen LogP contribution in [0.2, 0.25) is 0 Å². The summed E-state index contributed by atoms with van der Waals surface area (Å²) in [6.07, 6.45) is 5.05. The van der Waals surface area contributed by atoms with Gasteiger partial charge in [-0.1, -0.05) is 24.3 Å². The Labute approximate surface area is 203 Å². The molecule has 1 unspecified atom stereocenters. The maximum absolute atomic E-state index is 12.1. The first-order chi connectivity index (χ1) is 16.2. The van der Waals surface area contributed by atoms with Gasteiger partial charge >= 0.3 is 5.97 Å². The number of hydrogen-bond acceptors (Lipinski definition) is 6. The third-order valence-electron chi connectivity index (χ3n) is 6.46. The monoisotopic (exact) mass is 466 g/mol. The van der Waals surface area contributed by atoms with E-state index < -0.39 is 17.5 Å². The van der Waals surface area contributed by atoms with Crippen molar-refractivity contribution in [1.82, 2.24) is 15.2 Å². The molecule has 1 atom stereocenters.